The maximum atomic E-state index is 12.3. The molecule has 28 heavy (non-hydrogen) atoms. The van der Waals surface area contributed by atoms with Crippen molar-refractivity contribution in [3.8, 4) is 11.5 Å². The molecular formula is C20H20N4O3S. The Labute approximate surface area is 167 Å². The minimum atomic E-state index is -0.303. The number of amides is 1. The lowest BCUT2D eigenvalue weighted by Gasteiger charge is -2.13. The fourth-order valence-corrected chi connectivity index (χ4v) is 3.59. The lowest BCUT2D eigenvalue weighted by Crippen LogP contribution is -2.19. The van der Waals surface area contributed by atoms with Gasteiger partial charge in [0.1, 0.15) is 0 Å². The van der Waals surface area contributed by atoms with Crippen molar-refractivity contribution < 1.29 is 14.3 Å². The van der Waals surface area contributed by atoms with Gasteiger partial charge in [-0.05, 0) is 49.2 Å². The first-order chi connectivity index (χ1) is 13.7. The monoisotopic (exact) mass is 396 g/mol. The number of fused-ring (bicyclic) bond motifs is 1. The molecule has 2 aromatic rings. The van der Waals surface area contributed by atoms with Crippen molar-refractivity contribution in [1.29, 1.82) is 0 Å². The molecule has 0 saturated heterocycles. The number of carbonyl (C=O) groups excluding carboxylic acids is 1. The van der Waals surface area contributed by atoms with Gasteiger partial charge in [-0.2, -0.15) is 5.10 Å². The van der Waals surface area contributed by atoms with Crippen LogP contribution in [0, 0.1) is 0 Å². The second kappa shape index (κ2) is 8.35. The number of benzene rings is 2. The van der Waals surface area contributed by atoms with Crippen LogP contribution >= 0.6 is 11.8 Å². The number of carbonyl (C=O) groups is 1. The van der Waals surface area contributed by atoms with Crippen LogP contribution in [-0.4, -0.2) is 35.9 Å². The van der Waals surface area contributed by atoms with Crippen LogP contribution in [0.3, 0.4) is 0 Å². The molecule has 4 rings (SSSR count). The van der Waals surface area contributed by atoms with Gasteiger partial charge in [-0.25, -0.2) is 5.43 Å². The molecule has 8 heteroatoms. The zero-order chi connectivity index (χ0) is 19.3. The maximum Gasteiger partial charge on any atom is 0.271 e. The van der Waals surface area contributed by atoms with E-state index in [4.69, 9.17) is 9.47 Å². The van der Waals surface area contributed by atoms with Crippen LogP contribution < -0.4 is 20.2 Å². The van der Waals surface area contributed by atoms with E-state index in [1.807, 2.05) is 31.2 Å². The molecular weight excluding hydrogens is 376 g/mol. The van der Waals surface area contributed by atoms with Crippen LogP contribution in [0.25, 0.3) is 0 Å². The van der Waals surface area contributed by atoms with Gasteiger partial charge in [0.05, 0.1) is 5.71 Å². The second-order valence-corrected chi connectivity index (χ2v) is 7.38. The third-order valence-electron chi connectivity index (χ3n) is 4.31. The average molecular weight is 396 g/mol. The van der Waals surface area contributed by atoms with Crippen LogP contribution in [0.4, 0.5) is 5.69 Å². The Bertz CT molecular complexity index is 941. The predicted molar refractivity (Wildman–Crippen MR) is 112 cm³/mol. The van der Waals surface area contributed by atoms with Gasteiger partial charge in [0, 0.05) is 23.5 Å². The molecule has 2 heterocycles. The van der Waals surface area contributed by atoms with Gasteiger partial charge in [-0.1, -0.05) is 23.9 Å². The predicted octanol–water partition coefficient (Wildman–Crippen LogP) is 3.47. The zero-order valence-electron chi connectivity index (χ0n) is 15.4. The molecule has 2 aromatic carbocycles. The van der Waals surface area contributed by atoms with E-state index >= 15 is 0 Å². The van der Waals surface area contributed by atoms with E-state index in [0.29, 0.717) is 22.8 Å². The van der Waals surface area contributed by atoms with Gasteiger partial charge in [-0.3, -0.25) is 9.79 Å². The maximum absolute atomic E-state index is 12.3. The molecule has 144 valence electrons. The summed E-state index contributed by atoms with van der Waals surface area (Å²) in [6.07, 6.45) is 1.13. The number of hydrazone groups is 1. The molecule has 1 amide bonds. The Kier molecular flexibility index (Phi) is 5.48. The summed E-state index contributed by atoms with van der Waals surface area (Å²) in [5.74, 6) is 2.00. The molecule has 0 saturated carbocycles. The van der Waals surface area contributed by atoms with Gasteiger partial charge in [0.25, 0.3) is 5.91 Å². The normalized spacial score (nSPS) is 15.8. The highest BCUT2D eigenvalue weighted by Crippen LogP contribution is 2.32. The molecule has 7 nitrogen and oxygen atoms in total. The third kappa shape index (κ3) is 4.28. The van der Waals surface area contributed by atoms with Crippen LogP contribution in [0.2, 0.25) is 0 Å². The average Bonchev–Trinajstić information content (AvgIpc) is 3.21. The van der Waals surface area contributed by atoms with Crippen LogP contribution in [0.5, 0.6) is 11.5 Å². The largest absolute Gasteiger partial charge is 0.454 e. The molecule has 0 fully saturated rings. The minimum absolute atomic E-state index is 0.175. The van der Waals surface area contributed by atoms with Crippen molar-refractivity contribution in [3.63, 3.8) is 0 Å². The second-order valence-electron chi connectivity index (χ2n) is 6.30. The van der Waals surface area contributed by atoms with Crippen molar-refractivity contribution in [2.24, 2.45) is 10.1 Å². The van der Waals surface area contributed by atoms with Gasteiger partial charge in [0.15, 0.2) is 16.7 Å². The van der Waals surface area contributed by atoms with Crippen LogP contribution in [0.1, 0.15) is 29.3 Å². The number of amidine groups is 1. The number of nitrogens with zero attached hydrogens (tertiary/aromatic N) is 2. The molecule has 0 radical (unpaired) electrons. The summed E-state index contributed by atoms with van der Waals surface area (Å²) in [5, 5.41) is 8.49. The Morgan fingerprint density at radius 1 is 1.11 bits per heavy atom. The molecule has 0 aromatic heterocycles. The number of hydrogen-bond donors (Lipinski definition) is 2. The highest BCUT2D eigenvalue weighted by Gasteiger charge is 2.16. The molecule has 2 aliphatic rings. The van der Waals surface area contributed by atoms with Crippen molar-refractivity contribution in [1.82, 2.24) is 5.43 Å². The topological polar surface area (TPSA) is 84.3 Å². The molecule has 2 aliphatic heterocycles. The van der Waals surface area contributed by atoms with Gasteiger partial charge in [0.2, 0.25) is 6.79 Å². The number of thioether (sulfide) groups is 1. The molecule has 0 spiro atoms. The first-order valence-corrected chi connectivity index (χ1v) is 9.96. The summed E-state index contributed by atoms with van der Waals surface area (Å²) in [7, 11) is 0. The van der Waals surface area contributed by atoms with Gasteiger partial charge >= 0.3 is 0 Å². The van der Waals surface area contributed by atoms with E-state index in [1.165, 1.54) is 0 Å². The number of ether oxygens (including phenoxy) is 2. The third-order valence-corrected chi connectivity index (χ3v) is 5.31. The Morgan fingerprint density at radius 3 is 2.68 bits per heavy atom. The lowest BCUT2D eigenvalue weighted by molar-refractivity contribution is 0.0954. The highest BCUT2D eigenvalue weighted by atomic mass is 32.2. The summed E-state index contributed by atoms with van der Waals surface area (Å²) in [6, 6.07) is 12.9. The molecule has 0 aliphatic carbocycles. The summed E-state index contributed by atoms with van der Waals surface area (Å²) >= 11 is 1.74. The van der Waals surface area contributed by atoms with E-state index in [1.54, 1.807) is 30.0 Å². The molecule has 0 unspecified atom stereocenters. The standard InChI is InChI=1S/C20H20N4O3S/c1-13(14-3-6-16(7-4-14)22-20-21-9-2-10-28-20)23-24-19(25)15-5-8-17-18(11-15)27-12-26-17/h3-8,11H,2,9-10,12H2,1H3,(H,21,22)(H,24,25)/b23-13-. The van der Waals surface area contributed by atoms with E-state index in [-0.39, 0.29) is 12.7 Å². The Hall–Kier alpha value is -3.00. The van der Waals surface area contributed by atoms with Gasteiger partial charge < -0.3 is 14.8 Å². The van der Waals surface area contributed by atoms with Crippen molar-refractivity contribution >= 4 is 34.2 Å². The fraction of sp³-hybridized carbons (Fsp3) is 0.250. The Morgan fingerprint density at radius 2 is 1.89 bits per heavy atom. The number of hydrogen-bond acceptors (Lipinski definition) is 7. The van der Waals surface area contributed by atoms with Crippen LogP contribution in [-0.2, 0) is 0 Å². The van der Waals surface area contributed by atoms with Crippen molar-refractivity contribution in [2.45, 2.75) is 13.3 Å². The van der Waals surface area contributed by atoms with E-state index in [2.05, 4.69) is 20.8 Å². The number of aliphatic imine (C=N–C) groups is 1. The Balaban J connectivity index is 1.38. The smallest absolute Gasteiger partial charge is 0.271 e. The lowest BCUT2D eigenvalue weighted by atomic mass is 10.1. The van der Waals surface area contributed by atoms with Crippen LogP contribution in [0.15, 0.2) is 52.6 Å². The fourth-order valence-electron chi connectivity index (χ4n) is 2.75. The molecule has 0 bridgehead atoms. The SMILES string of the molecule is C/C(=N/NC(=O)c1ccc2c(c1)OCO2)c1ccc(NC2=NCCCS2)cc1. The van der Waals surface area contributed by atoms with E-state index < -0.39 is 0 Å². The number of rotatable bonds is 4. The quantitative estimate of drug-likeness (QED) is 0.611. The van der Waals surface area contributed by atoms with Crippen molar-refractivity contribution in [2.75, 3.05) is 24.4 Å². The van der Waals surface area contributed by atoms with E-state index in [0.717, 1.165) is 35.1 Å². The summed E-state index contributed by atoms with van der Waals surface area (Å²) in [4.78, 5) is 16.8. The minimum Gasteiger partial charge on any atom is -0.454 e. The van der Waals surface area contributed by atoms with Gasteiger partial charge in [-0.15, -0.1) is 0 Å². The molecule has 2 N–H and O–H groups in total. The summed E-state index contributed by atoms with van der Waals surface area (Å²) < 4.78 is 10.5. The first-order valence-electron chi connectivity index (χ1n) is 8.98. The summed E-state index contributed by atoms with van der Waals surface area (Å²) in [5.41, 5.74) is 5.67. The van der Waals surface area contributed by atoms with E-state index in [9.17, 15) is 4.79 Å². The summed E-state index contributed by atoms with van der Waals surface area (Å²) in [6.45, 7) is 2.90. The number of nitrogens with one attached hydrogen (secondary N) is 2. The highest BCUT2D eigenvalue weighted by molar-refractivity contribution is 8.14. The van der Waals surface area contributed by atoms with Crippen molar-refractivity contribution in [3.05, 3.63) is 53.6 Å². The molecule has 0 atom stereocenters. The number of anilines is 1. The first kappa shape index (κ1) is 18.4. The zero-order valence-corrected chi connectivity index (χ0v) is 16.2.